The number of anilines is 1. The fraction of sp³-hybridized carbons (Fsp3) is 0.458. The first-order chi connectivity index (χ1) is 16.8. The summed E-state index contributed by atoms with van der Waals surface area (Å²) in [5.74, 6) is -0.916. The van der Waals surface area contributed by atoms with Crippen LogP contribution in [0.15, 0.2) is 24.3 Å². The van der Waals surface area contributed by atoms with Crippen LogP contribution < -0.4 is 5.32 Å². The Bertz CT molecular complexity index is 1170. The number of aryl methyl sites for hydroxylation is 2. The van der Waals surface area contributed by atoms with E-state index >= 15 is 0 Å². The second kappa shape index (κ2) is 10.5. The number of piperazine rings is 1. The topological polar surface area (TPSA) is 105 Å². The molecule has 3 amide bonds. The lowest BCUT2D eigenvalue weighted by Crippen LogP contribution is -2.56. The number of hydrogen-bond donors (Lipinski definition) is 1. The normalized spacial score (nSPS) is 16.2. The number of esters is 1. The van der Waals surface area contributed by atoms with Crippen molar-refractivity contribution in [1.82, 2.24) is 19.8 Å². The Morgan fingerprint density at radius 3 is 2.39 bits per heavy atom. The van der Waals surface area contributed by atoms with Crippen LogP contribution in [-0.4, -0.2) is 69.5 Å². The Labute approximate surface area is 206 Å². The average molecular weight is 508 g/mol. The minimum atomic E-state index is -4.62. The van der Waals surface area contributed by atoms with Crippen LogP contribution in [-0.2, 0) is 10.9 Å². The summed E-state index contributed by atoms with van der Waals surface area (Å²) >= 11 is 0. The maximum Gasteiger partial charge on any atom is 0.418 e. The molecule has 1 saturated heterocycles. The van der Waals surface area contributed by atoms with E-state index in [0.717, 1.165) is 6.07 Å². The summed E-state index contributed by atoms with van der Waals surface area (Å²) < 4.78 is 45.1. The summed E-state index contributed by atoms with van der Waals surface area (Å²) in [4.78, 5) is 50.0. The molecule has 1 aliphatic rings. The van der Waals surface area contributed by atoms with Gasteiger partial charge in [-0.05, 0) is 46.8 Å². The second-order valence-electron chi connectivity index (χ2n) is 8.80. The van der Waals surface area contributed by atoms with Gasteiger partial charge in [-0.15, -0.1) is 0 Å². The van der Waals surface area contributed by atoms with Gasteiger partial charge in [0.1, 0.15) is 17.1 Å². The lowest BCUT2D eigenvalue weighted by Gasteiger charge is -2.39. The van der Waals surface area contributed by atoms with Crippen LogP contribution >= 0.6 is 0 Å². The number of nitrogens with one attached hydrogen (secondary N) is 1. The van der Waals surface area contributed by atoms with Gasteiger partial charge < -0.3 is 19.9 Å². The number of amides is 3. The number of hydrogen-bond acceptors (Lipinski definition) is 6. The van der Waals surface area contributed by atoms with Crippen LogP contribution in [0.4, 0.5) is 23.7 Å². The van der Waals surface area contributed by atoms with E-state index in [1.54, 1.807) is 34.6 Å². The van der Waals surface area contributed by atoms with Crippen molar-refractivity contribution in [1.29, 1.82) is 0 Å². The van der Waals surface area contributed by atoms with E-state index in [1.165, 1.54) is 28.0 Å². The van der Waals surface area contributed by atoms with Crippen molar-refractivity contribution in [2.24, 2.45) is 0 Å². The fourth-order valence-corrected chi connectivity index (χ4v) is 4.00. The first kappa shape index (κ1) is 26.9. The van der Waals surface area contributed by atoms with Gasteiger partial charge >= 0.3 is 18.2 Å². The quantitative estimate of drug-likeness (QED) is 0.626. The minimum absolute atomic E-state index is 0.0177. The summed E-state index contributed by atoms with van der Waals surface area (Å²) in [6, 6.07) is 3.49. The molecule has 1 aliphatic heterocycles. The van der Waals surface area contributed by atoms with Crippen LogP contribution in [0.25, 0.3) is 0 Å². The van der Waals surface area contributed by atoms with Crippen molar-refractivity contribution in [3.05, 3.63) is 52.6 Å². The Morgan fingerprint density at radius 1 is 1.11 bits per heavy atom. The van der Waals surface area contributed by atoms with E-state index in [2.05, 4.69) is 15.3 Å². The van der Waals surface area contributed by atoms with Crippen molar-refractivity contribution in [2.45, 2.75) is 52.9 Å². The number of urea groups is 1. The maximum absolute atomic E-state index is 13.4. The number of rotatable bonds is 4. The van der Waals surface area contributed by atoms with Crippen molar-refractivity contribution in [3.63, 3.8) is 0 Å². The van der Waals surface area contributed by atoms with Gasteiger partial charge in [0.05, 0.1) is 23.0 Å². The van der Waals surface area contributed by atoms with E-state index in [1.807, 2.05) is 0 Å². The Morgan fingerprint density at radius 2 is 1.78 bits per heavy atom. The number of halogens is 3. The SMILES string of the molecule is Cc1nc(C)c(C(=O)OC(C)C)c(C(=O)N2CCN(C(=O)Nc3ccccc3C(F)(F)F)C(C)C2)n1. The number of carbonyl (C=O) groups excluding carboxylic acids is 3. The highest BCUT2D eigenvalue weighted by molar-refractivity contribution is 6.04. The summed E-state index contributed by atoms with van der Waals surface area (Å²) in [5, 5.41) is 2.33. The van der Waals surface area contributed by atoms with E-state index < -0.39 is 41.8 Å². The maximum atomic E-state index is 13.4. The third-order valence-corrected chi connectivity index (χ3v) is 5.60. The van der Waals surface area contributed by atoms with E-state index in [9.17, 15) is 27.6 Å². The molecule has 36 heavy (non-hydrogen) atoms. The Kier molecular flexibility index (Phi) is 7.85. The number of para-hydroxylation sites is 1. The van der Waals surface area contributed by atoms with Gasteiger partial charge in [-0.1, -0.05) is 12.1 Å². The summed E-state index contributed by atoms with van der Waals surface area (Å²) in [6.45, 7) is 8.50. The molecule has 194 valence electrons. The highest BCUT2D eigenvalue weighted by Gasteiger charge is 2.36. The molecule has 1 N–H and O–H groups in total. The number of benzene rings is 1. The van der Waals surface area contributed by atoms with Gasteiger partial charge in [0, 0.05) is 25.7 Å². The fourth-order valence-electron chi connectivity index (χ4n) is 4.00. The molecular weight excluding hydrogens is 479 g/mol. The molecule has 0 bridgehead atoms. The highest BCUT2D eigenvalue weighted by Crippen LogP contribution is 2.34. The number of nitrogens with zero attached hydrogens (tertiary/aromatic N) is 4. The molecule has 1 aromatic carbocycles. The summed E-state index contributed by atoms with van der Waals surface area (Å²) in [7, 11) is 0. The van der Waals surface area contributed by atoms with Crippen molar-refractivity contribution < 1.29 is 32.3 Å². The molecule has 1 atom stereocenters. The predicted molar refractivity (Wildman–Crippen MR) is 125 cm³/mol. The number of ether oxygens (including phenoxy) is 1. The molecule has 1 fully saturated rings. The summed E-state index contributed by atoms with van der Waals surface area (Å²) in [6.07, 6.45) is -5.03. The monoisotopic (exact) mass is 507 g/mol. The third kappa shape index (κ3) is 5.92. The summed E-state index contributed by atoms with van der Waals surface area (Å²) in [5.41, 5.74) is -1.09. The zero-order valence-electron chi connectivity index (χ0n) is 20.6. The first-order valence-electron chi connectivity index (χ1n) is 11.4. The number of alkyl halides is 3. The van der Waals surface area contributed by atoms with Gasteiger partial charge in [-0.3, -0.25) is 4.79 Å². The Hall–Kier alpha value is -3.70. The number of carbonyl (C=O) groups is 3. The number of aromatic nitrogens is 2. The predicted octanol–water partition coefficient (Wildman–Crippen LogP) is 4.06. The zero-order chi connectivity index (χ0) is 26.8. The molecule has 1 unspecified atom stereocenters. The molecule has 0 radical (unpaired) electrons. The van der Waals surface area contributed by atoms with Gasteiger partial charge in [0.2, 0.25) is 0 Å². The van der Waals surface area contributed by atoms with Crippen molar-refractivity contribution in [2.75, 3.05) is 25.0 Å². The smallest absolute Gasteiger partial charge is 0.418 e. The van der Waals surface area contributed by atoms with Crippen LogP contribution in [0.5, 0.6) is 0 Å². The lowest BCUT2D eigenvalue weighted by atomic mass is 10.1. The van der Waals surface area contributed by atoms with Crippen molar-refractivity contribution in [3.8, 4) is 0 Å². The molecule has 0 aliphatic carbocycles. The van der Waals surface area contributed by atoms with E-state index in [0.29, 0.717) is 11.5 Å². The van der Waals surface area contributed by atoms with Crippen LogP contribution in [0, 0.1) is 13.8 Å². The second-order valence-corrected chi connectivity index (χ2v) is 8.80. The van der Waals surface area contributed by atoms with Gasteiger partial charge in [-0.25, -0.2) is 19.6 Å². The molecule has 2 heterocycles. The molecule has 2 aromatic rings. The van der Waals surface area contributed by atoms with E-state index in [-0.39, 0.29) is 36.6 Å². The zero-order valence-corrected chi connectivity index (χ0v) is 20.6. The average Bonchev–Trinajstić information content (AvgIpc) is 2.76. The molecule has 0 spiro atoms. The van der Waals surface area contributed by atoms with E-state index in [4.69, 9.17) is 4.74 Å². The largest absolute Gasteiger partial charge is 0.459 e. The highest BCUT2D eigenvalue weighted by atomic mass is 19.4. The molecule has 0 saturated carbocycles. The van der Waals surface area contributed by atoms with Crippen LogP contribution in [0.2, 0.25) is 0 Å². The first-order valence-corrected chi connectivity index (χ1v) is 11.4. The molecule has 3 rings (SSSR count). The van der Waals surface area contributed by atoms with Gasteiger partial charge in [0.25, 0.3) is 5.91 Å². The molecular formula is C24H28F3N5O4. The standard InChI is InChI=1S/C24H28F3N5O4/c1-13(2)36-22(34)19-15(4)28-16(5)29-20(19)21(33)31-10-11-32(14(3)12-31)23(35)30-18-9-7-6-8-17(18)24(25,26)27/h6-9,13-14H,10-12H2,1-5H3,(H,30,35). The molecule has 9 nitrogen and oxygen atoms in total. The lowest BCUT2D eigenvalue weighted by molar-refractivity contribution is -0.136. The van der Waals surface area contributed by atoms with Gasteiger partial charge in [-0.2, -0.15) is 13.2 Å². The molecule has 1 aromatic heterocycles. The third-order valence-electron chi connectivity index (χ3n) is 5.60. The minimum Gasteiger partial charge on any atom is -0.459 e. The molecule has 12 heteroatoms. The van der Waals surface area contributed by atoms with Crippen molar-refractivity contribution >= 4 is 23.6 Å². The van der Waals surface area contributed by atoms with Crippen LogP contribution in [0.3, 0.4) is 0 Å². The van der Waals surface area contributed by atoms with Crippen LogP contribution in [0.1, 0.15) is 58.7 Å². The van der Waals surface area contributed by atoms with Gasteiger partial charge in [0.15, 0.2) is 0 Å². The Balaban J connectivity index is 1.77.